The highest BCUT2D eigenvalue weighted by Crippen LogP contribution is 2.18. The number of ether oxygens (including phenoxy) is 2. The van der Waals surface area contributed by atoms with E-state index in [0.717, 1.165) is 0 Å². The monoisotopic (exact) mass is 248 g/mol. The molecule has 0 aromatic heterocycles. The van der Waals surface area contributed by atoms with Crippen molar-refractivity contribution in [2.45, 2.75) is 26.7 Å². The van der Waals surface area contributed by atoms with E-state index in [-0.39, 0.29) is 19.8 Å². The minimum atomic E-state index is -1.23. The SMILES string of the molecule is CC(=O)OCC(C)(CO)C(=O)OCCCCO. The first-order chi connectivity index (χ1) is 7.96. The van der Waals surface area contributed by atoms with Crippen LogP contribution in [0.5, 0.6) is 0 Å². The summed E-state index contributed by atoms with van der Waals surface area (Å²) >= 11 is 0. The van der Waals surface area contributed by atoms with Gasteiger partial charge in [-0.2, -0.15) is 0 Å². The molecule has 1 unspecified atom stereocenters. The molecule has 0 rings (SSSR count). The molecule has 0 heterocycles. The van der Waals surface area contributed by atoms with Gasteiger partial charge >= 0.3 is 11.9 Å². The highest BCUT2D eigenvalue weighted by atomic mass is 16.6. The minimum Gasteiger partial charge on any atom is -0.465 e. The third-order valence-corrected chi connectivity index (χ3v) is 2.22. The topological polar surface area (TPSA) is 93.1 Å². The summed E-state index contributed by atoms with van der Waals surface area (Å²) in [5.74, 6) is -1.13. The van der Waals surface area contributed by atoms with E-state index in [1.54, 1.807) is 0 Å². The fourth-order valence-electron chi connectivity index (χ4n) is 0.983. The predicted molar refractivity (Wildman–Crippen MR) is 59.1 cm³/mol. The van der Waals surface area contributed by atoms with E-state index in [9.17, 15) is 9.59 Å². The lowest BCUT2D eigenvalue weighted by Gasteiger charge is -2.24. The first-order valence-corrected chi connectivity index (χ1v) is 5.48. The molecule has 100 valence electrons. The molecule has 0 aromatic rings. The van der Waals surface area contributed by atoms with Gasteiger partial charge in [0.25, 0.3) is 0 Å². The summed E-state index contributed by atoms with van der Waals surface area (Å²) in [5.41, 5.74) is -1.23. The number of esters is 2. The highest BCUT2D eigenvalue weighted by molar-refractivity contribution is 5.77. The molecular formula is C11H20O6. The van der Waals surface area contributed by atoms with Crippen molar-refractivity contribution in [2.75, 3.05) is 26.4 Å². The molecule has 6 nitrogen and oxygen atoms in total. The Morgan fingerprint density at radius 3 is 2.29 bits per heavy atom. The lowest BCUT2D eigenvalue weighted by molar-refractivity contribution is -0.165. The van der Waals surface area contributed by atoms with Crippen molar-refractivity contribution in [1.29, 1.82) is 0 Å². The maximum atomic E-state index is 11.6. The fraction of sp³-hybridized carbons (Fsp3) is 0.818. The Morgan fingerprint density at radius 2 is 1.82 bits per heavy atom. The van der Waals surface area contributed by atoms with E-state index in [2.05, 4.69) is 0 Å². The van der Waals surface area contributed by atoms with E-state index in [4.69, 9.17) is 19.7 Å². The van der Waals surface area contributed by atoms with Gasteiger partial charge in [-0.1, -0.05) is 0 Å². The first-order valence-electron chi connectivity index (χ1n) is 5.48. The zero-order chi connectivity index (χ0) is 13.3. The molecule has 0 aromatic carbocycles. The second-order valence-corrected chi connectivity index (χ2v) is 4.07. The van der Waals surface area contributed by atoms with Gasteiger partial charge in [0.1, 0.15) is 12.0 Å². The number of rotatable bonds is 8. The van der Waals surface area contributed by atoms with Crippen LogP contribution in [0.4, 0.5) is 0 Å². The van der Waals surface area contributed by atoms with Crippen molar-refractivity contribution < 1.29 is 29.3 Å². The molecule has 0 aliphatic rings. The van der Waals surface area contributed by atoms with Crippen molar-refractivity contribution in [3.05, 3.63) is 0 Å². The van der Waals surface area contributed by atoms with E-state index >= 15 is 0 Å². The van der Waals surface area contributed by atoms with E-state index in [1.165, 1.54) is 13.8 Å². The highest BCUT2D eigenvalue weighted by Gasteiger charge is 2.35. The van der Waals surface area contributed by atoms with Crippen LogP contribution in [0.1, 0.15) is 26.7 Å². The van der Waals surface area contributed by atoms with Gasteiger partial charge in [0.15, 0.2) is 0 Å². The smallest absolute Gasteiger partial charge is 0.317 e. The van der Waals surface area contributed by atoms with Crippen molar-refractivity contribution in [3.63, 3.8) is 0 Å². The molecule has 0 spiro atoms. The number of aliphatic hydroxyl groups excluding tert-OH is 2. The third kappa shape index (κ3) is 6.23. The standard InChI is InChI=1S/C11H20O6/c1-9(14)17-8-11(2,7-13)10(15)16-6-4-3-5-12/h12-13H,3-8H2,1-2H3. The first kappa shape index (κ1) is 15.9. The van der Waals surface area contributed by atoms with Gasteiger partial charge in [-0.05, 0) is 19.8 Å². The number of hydrogen-bond donors (Lipinski definition) is 2. The Hall–Kier alpha value is -1.14. The molecule has 0 saturated heterocycles. The van der Waals surface area contributed by atoms with E-state index in [1.807, 2.05) is 0 Å². The Kier molecular flexibility index (Phi) is 7.49. The summed E-state index contributed by atoms with van der Waals surface area (Å²) in [6.07, 6.45) is 1.10. The molecule has 0 saturated carbocycles. The summed E-state index contributed by atoms with van der Waals surface area (Å²) in [5, 5.41) is 17.7. The maximum absolute atomic E-state index is 11.6. The number of hydrogen-bond acceptors (Lipinski definition) is 6. The van der Waals surface area contributed by atoms with Crippen molar-refractivity contribution in [2.24, 2.45) is 5.41 Å². The molecule has 0 amide bonds. The van der Waals surface area contributed by atoms with Crippen LogP contribution < -0.4 is 0 Å². The van der Waals surface area contributed by atoms with Gasteiger partial charge in [0, 0.05) is 13.5 Å². The van der Waals surface area contributed by atoms with Crippen molar-refractivity contribution >= 4 is 11.9 Å². The molecule has 0 bridgehead atoms. The average molecular weight is 248 g/mol. The van der Waals surface area contributed by atoms with Gasteiger partial charge in [0.2, 0.25) is 0 Å². The largest absolute Gasteiger partial charge is 0.465 e. The average Bonchev–Trinajstić information content (AvgIpc) is 2.31. The second kappa shape index (κ2) is 8.03. The molecule has 0 fully saturated rings. The molecule has 0 aliphatic heterocycles. The predicted octanol–water partition coefficient (Wildman–Crippen LogP) is -0.136. The fourth-order valence-corrected chi connectivity index (χ4v) is 0.983. The Morgan fingerprint density at radius 1 is 1.18 bits per heavy atom. The summed E-state index contributed by atoms with van der Waals surface area (Å²) in [7, 11) is 0. The Balaban J connectivity index is 4.12. The number of carbonyl (C=O) groups excluding carboxylic acids is 2. The normalized spacial score (nSPS) is 13.9. The molecular weight excluding hydrogens is 228 g/mol. The third-order valence-electron chi connectivity index (χ3n) is 2.22. The van der Waals surface area contributed by atoms with Gasteiger partial charge < -0.3 is 19.7 Å². The van der Waals surface area contributed by atoms with Crippen LogP contribution >= 0.6 is 0 Å². The van der Waals surface area contributed by atoms with Gasteiger partial charge in [-0.3, -0.25) is 9.59 Å². The van der Waals surface area contributed by atoms with Crippen LogP contribution in [0.25, 0.3) is 0 Å². The van der Waals surface area contributed by atoms with Crippen molar-refractivity contribution in [1.82, 2.24) is 0 Å². The lowest BCUT2D eigenvalue weighted by atomic mass is 9.93. The molecule has 6 heteroatoms. The molecule has 17 heavy (non-hydrogen) atoms. The summed E-state index contributed by atoms with van der Waals surface area (Å²) in [6, 6.07) is 0. The quantitative estimate of drug-likeness (QED) is 0.459. The van der Waals surface area contributed by atoms with Crippen LogP contribution in [-0.4, -0.2) is 48.6 Å². The van der Waals surface area contributed by atoms with Crippen LogP contribution in [0.2, 0.25) is 0 Å². The van der Waals surface area contributed by atoms with Gasteiger partial charge in [0.05, 0.1) is 13.2 Å². The Bertz CT molecular complexity index is 252. The maximum Gasteiger partial charge on any atom is 0.317 e. The van der Waals surface area contributed by atoms with Crippen LogP contribution in [0.3, 0.4) is 0 Å². The second-order valence-electron chi connectivity index (χ2n) is 4.07. The van der Waals surface area contributed by atoms with E-state index < -0.39 is 24.0 Å². The molecule has 0 radical (unpaired) electrons. The summed E-state index contributed by atoms with van der Waals surface area (Å²) in [6.45, 7) is 2.24. The van der Waals surface area contributed by atoms with Gasteiger partial charge in [-0.25, -0.2) is 0 Å². The zero-order valence-electron chi connectivity index (χ0n) is 10.3. The summed E-state index contributed by atoms with van der Waals surface area (Å²) < 4.78 is 9.64. The van der Waals surface area contributed by atoms with Crippen molar-refractivity contribution in [3.8, 4) is 0 Å². The van der Waals surface area contributed by atoms with E-state index in [0.29, 0.717) is 12.8 Å². The zero-order valence-corrected chi connectivity index (χ0v) is 10.3. The summed E-state index contributed by atoms with van der Waals surface area (Å²) in [4.78, 5) is 22.3. The Labute approximate surface area is 101 Å². The van der Waals surface area contributed by atoms with Crippen LogP contribution in [0.15, 0.2) is 0 Å². The number of aliphatic hydroxyl groups is 2. The van der Waals surface area contributed by atoms with Gasteiger partial charge in [-0.15, -0.1) is 0 Å². The molecule has 0 aliphatic carbocycles. The lowest BCUT2D eigenvalue weighted by Crippen LogP contribution is -2.38. The molecule has 1 atom stereocenters. The number of unbranched alkanes of at least 4 members (excludes halogenated alkanes) is 1. The number of carbonyl (C=O) groups is 2. The van der Waals surface area contributed by atoms with Crippen LogP contribution in [0, 0.1) is 5.41 Å². The van der Waals surface area contributed by atoms with Crippen LogP contribution in [-0.2, 0) is 19.1 Å². The molecule has 2 N–H and O–H groups in total. The minimum absolute atomic E-state index is 0.0439.